The Bertz CT molecular complexity index is 1160. The fraction of sp³-hybridized carbons (Fsp3) is 0.250. The predicted molar refractivity (Wildman–Crippen MR) is 103 cm³/mol. The van der Waals surface area contributed by atoms with Crippen molar-refractivity contribution in [1.29, 1.82) is 0 Å². The molecule has 0 saturated carbocycles. The third-order valence-corrected chi connectivity index (χ3v) is 4.97. The average Bonchev–Trinajstić information content (AvgIpc) is 3.07. The minimum absolute atomic E-state index is 0.323. The number of nitrogens with one attached hydrogen (secondary N) is 1. The van der Waals surface area contributed by atoms with Crippen molar-refractivity contribution in [2.24, 2.45) is 7.05 Å². The van der Waals surface area contributed by atoms with Crippen LogP contribution in [0.5, 0.6) is 0 Å². The fourth-order valence-corrected chi connectivity index (χ4v) is 3.47. The molecule has 1 aromatic carbocycles. The van der Waals surface area contributed by atoms with E-state index in [2.05, 4.69) is 15.4 Å². The first kappa shape index (κ1) is 17.8. The molecule has 3 heterocycles. The summed E-state index contributed by atoms with van der Waals surface area (Å²) in [6.45, 7) is 5.24. The number of hydrogen-bond donors (Lipinski definition) is 1. The second kappa shape index (κ2) is 6.26. The summed E-state index contributed by atoms with van der Waals surface area (Å²) in [5, 5.41) is 7.87. The molecular formula is C20H19N5O3. The van der Waals surface area contributed by atoms with E-state index < -0.39 is 23.8 Å². The molecule has 0 spiro atoms. The molecule has 28 heavy (non-hydrogen) atoms. The van der Waals surface area contributed by atoms with E-state index in [4.69, 9.17) is 0 Å². The zero-order valence-electron chi connectivity index (χ0n) is 16.0. The van der Waals surface area contributed by atoms with Crippen LogP contribution in [0.2, 0.25) is 0 Å². The second-order valence-corrected chi connectivity index (χ2v) is 7.00. The van der Waals surface area contributed by atoms with Gasteiger partial charge in [-0.1, -0.05) is 11.6 Å². The van der Waals surface area contributed by atoms with E-state index in [0.717, 1.165) is 21.5 Å². The average molecular weight is 377 g/mol. The summed E-state index contributed by atoms with van der Waals surface area (Å²) in [5.41, 5.74) is 3.52. The number of carbonyl (C=O) groups excluding carboxylic acids is 3. The summed E-state index contributed by atoms with van der Waals surface area (Å²) < 4.78 is 1.67. The molecule has 4 rings (SSSR count). The van der Waals surface area contributed by atoms with Gasteiger partial charge < -0.3 is 5.32 Å². The largest absolute Gasteiger partial charge is 0.323 e. The van der Waals surface area contributed by atoms with Crippen LogP contribution in [0.15, 0.2) is 30.5 Å². The molecule has 3 aromatic rings. The van der Waals surface area contributed by atoms with Gasteiger partial charge in [-0.2, -0.15) is 5.10 Å². The monoisotopic (exact) mass is 377 g/mol. The number of pyridine rings is 1. The van der Waals surface area contributed by atoms with Gasteiger partial charge in [-0.25, -0.2) is 4.98 Å². The minimum Gasteiger partial charge on any atom is -0.323 e. The molecule has 0 unspecified atom stereocenters. The summed E-state index contributed by atoms with van der Waals surface area (Å²) in [7, 11) is 1.80. The first-order valence-corrected chi connectivity index (χ1v) is 8.86. The van der Waals surface area contributed by atoms with Gasteiger partial charge in [0.05, 0.1) is 28.7 Å². The number of rotatable bonds is 3. The van der Waals surface area contributed by atoms with Crippen LogP contribution in [-0.4, -0.2) is 43.4 Å². The number of carbonyl (C=O) groups is 3. The van der Waals surface area contributed by atoms with Gasteiger partial charge in [0.15, 0.2) is 5.65 Å². The van der Waals surface area contributed by atoms with Crippen molar-refractivity contribution in [1.82, 2.24) is 19.7 Å². The third kappa shape index (κ3) is 2.65. The molecule has 8 nitrogen and oxygen atoms in total. The number of amides is 3. The molecule has 8 heteroatoms. The van der Waals surface area contributed by atoms with E-state index in [1.165, 1.54) is 13.1 Å². The standard InChI is InChI=1S/C20H19N5O3/c1-10-5-6-14-16(7-10)20(28)25(19(14)27)12(3)18(26)22-13-8-15-11(2)23-24(4)17(15)21-9-13/h5-9,12H,1-4H3,(H,22,26)/t12-/m0/s1. The predicted octanol–water partition coefficient (Wildman–Crippen LogP) is 2.21. The van der Waals surface area contributed by atoms with E-state index in [1.54, 1.807) is 36.0 Å². The number of benzene rings is 1. The Morgan fingerprint density at radius 2 is 1.82 bits per heavy atom. The quantitative estimate of drug-likeness (QED) is 0.706. The van der Waals surface area contributed by atoms with Crippen molar-refractivity contribution >= 4 is 34.4 Å². The van der Waals surface area contributed by atoms with Crippen molar-refractivity contribution < 1.29 is 14.4 Å². The number of aryl methyl sites for hydroxylation is 3. The first-order chi connectivity index (χ1) is 13.3. The SMILES string of the molecule is Cc1ccc2c(c1)C(=O)N([C@@H](C)C(=O)Nc1cnc3c(c1)c(C)nn3C)C2=O. The van der Waals surface area contributed by atoms with E-state index in [-0.39, 0.29) is 0 Å². The lowest BCUT2D eigenvalue weighted by Gasteiger charge is -2.21. The number of nitrogens with zero attached hydrogens (tertiary/aromatic N) is 4. The number of fused-ring (bicyclic) bond motifs is 2. The Morgan fingerprint density at radius 1 is 1.11 bits per heavy atom. The molecule has 0 fully saturated rings. The summed E-state index contributed by atoms with van der Waals surface area (Å²) in [6.07, 6.45) is 1.53. The van der Waals surface area contributed by atoms with Gasteiger partial charge in [0.25, 0.3) is 11.8 Å². The lowest BCUT2D eigenvalue weighted by Crippen LogP contribution is -2.45. The summed E-state index contributed by atoms with van der Waals surface area (Å²) in [6, 6.07) is 5.89. The maximum atomic E-state index is 12.7. The van der Waals surface area contributed by atoms with Crippen molar-refractivity contribution in [3.05, 3.63) is 52.8 Å². The lowest BCUT2D eigenvalue weighted by atomic mass is 10.1. The van der Waals surface area contributed by atoms with Gasteiger partial charge >= 0.3 is 0 Å². The molecule has 2 aromatic heterocycles. The van der Waals surface area contributed by atoms with E-state index >= 15 is 0 Å². The zero-order chi connectivity index (χ0) is 20.2. The molecular weight excluding hydrogens is 358 g/mol. The minimum atomic E-state index is -0.960. The van der Waals surface area contributed by atoms with E-state index in [1.807, 2.05) is 13.8 Å². The molecule has 3 amide bonds. The number of aromatic nitrogens is 3. The van der Waals surface area contributed by atoms with Crippen LogP contribution < -0.4 is 5.32 Å². The number of anilines is 1. The van der Waals surface area contributed by atoms with Crippen LogP contribution in [0.4, 0.5) is 5.69 Å². The maximum absolute atomic E-state index is 12.7. The highest BCUT2D eigenvalue weighted by atomic mass is 16.2. The van der Waals surface area contributed by atoms with Crippen LogP contribution in [0.25, 0.3) is 11.0 Å². The number of hydrogen-bond acceptors (Lipinski definition) is 5. The molecule has 142 valence electrons. The molecule has 1 atom stereocenters. The van der Waals surface area contributed by atoms with Gasteiger partial charge in [-0.15, -0.1) is 0 Å². The summed E-state index contributed by atoms with van der Waals surface area (Å²) >= 11 is 0. The van der Waals surface area contributed by atoms with Crippen LogP contribution >= 0.6 is 0 Å². The highest BCUT2D eigenvalue weighted by Crippen LogP contribution is 2.26. The van der Waals surface area contributed by atoms with E-state index in [9.17, 15) is 14.4 Å². The topological polar surface area (TPSA) is 97.2 Å². The molecule has 1 aliphatic heterocycles. The Hall–Kier alpha value is -3.55. The Labute approximate surface area is 161 Å². The van der Waals surface area contributed by atoms with Crippen molar-refractivity contribution in [2.75, 3.05) is 5.32 Å². The lowest BCUT2D eigenvalue weighted by molar-refractivity contribution is -0.119. The van der Waals surface area contributed by atoms with Gasteiger partial charge in [-0.05, 0) is 39.0 Å². The molecule has 1 aliphatic rings. The van der Waals surface area contributed by atoms with Crippen LogP contribution in [0.3, 0.4) is 0 Å². The fourth-order valence-electron chi connectivity index (χ4n) is 3.47. The van der Waals surface area contributed by atoms with Crippen LogP contribution in [-0.2, 0) is 11.8 Å². The molecule has 1 N–H and O–H groups in total. The van der Waals surface area contributed by atoms with Crippen molar-refractivity contribution in [2.45, 2.75) is 26.8 Å². The van der Waals surface area contributed by atoms with Crippen molar-refractivity contribution in [3.8, 4) is 0 Å². The molecule has 0 aliphatic carbocycles. The van der Waals surface area contributed by atoms with Gasteiger partial charge in [0.1, 0.15) is 6.04 Å². The smallest absolute Gasteiger partial charge is 0.262 e. The maximum Gasteiger partial charge on any atom is 0.262 e. The van der Waals surface area contributed by atoms with Crippen LogP contribution in [0.1, 0.15) is 38.9 Å². The Kier molecular flexibility index (Phi) is 3.99. The second-order valence-electron chi connectivity index (χ2n) is 7.00. The molecule has 0 saturated heterocycles. The summed E-state index contributed by atoms with van der Waals surface area (Å²) in [4.78, 5) is 43.4. The third-order valence-electron chi connectivity index (χ3n) is 4.97. The van der Waals surface area contributed by atoms with E-state index in [0.29, 0.717) is 22.5 Å². The van der Waals surface area contributed by atoms with Crippen molar-refractivity contribution in [3.63, 3.8) is 0 Å². The molecule has 0 bridgehead atoms. The van der Waals surface area contributed by atoms with Gasteiger partial charge in [-0.3, -0.25) is 24.0 Å². The normalized spacial score (nSPS) is 14.5. The van der Waals surface area contributed by atoms with Crippen LogP contribution in [0, 0.1) is 13.8 Å². The Balaban J connectivity index is 1.58. The summed E-state index contributed by atoms with van der Waals surface area (Å²) in [5.74, 6) is -1.38. The Morgan fingerprint density at radius 3 is 2.57 bits per heavy atom. The van der Waals surface area contributed by atoms with Gasteiger partial charge in [0, 0.05) is 12.4 Å². The highest BCUT2D eigenvalue weighted by Gasteiger charge is 2.40. The number of imide groups is 1. The highest BCUT2D eigenvalue weighted by molar-refractivity contribution is 6.23. The first-order valence-electron chi connectivity index (χ1n) is 8.86. The van der Waals surface area contributed by atoms with Gasteiger partial charge in [0.2, 0.25) is 5.91 Å². The molecule has 0 radical (unpaired) electrons. The zero-order valence-corrected chi connectivity index (χ0v) is 16.0.